The van der Waals surface area contributed by atoms with E-state index < -0.39 is 12.1 Å². The number of ether oxygens (including phenoxy) is 1. The van der Waals surface area contributed by atoms with Crippen LogP contribution in [0, 0.1) is 12.7 Å². The summed E-state index contributed by atoms with van der Waals surface area (Å²) in [5.41, 5.74) is 0.462. The normalized spacial score (nSPS) is 12.3. The summed E-state index contributed by atoms with van der Waals surface area (Å²) in [4.78, 5) is 29.0. The lowest BCUT2D eigenvalue weighted by atomic mass is 10.1. The Balaban J connectivity index is 1.99. The molecule has 0 saturated carbocycles. The summed E-state index contributed by atoms with van der Waals surface area (Å²) in [6, 6.07) is 5.75. The topological polar surface area (TPSA) is 74.3 Å². The number of nitrogens with zero attached hydrogens (tertiary/aromatic N) is 2. The smallest absolute Gasteiger partial charge is 0.343 e. The molecule has 0 saturated heterocycles. The van der Waals surface area contributed by atoms with Crippen molar-refractivity contribution >= 4 is 17.1 Å². The van der Waals surface area contributed by atoms with Crippen LogP contribution in [0.4, 0.5) is 4.39 Å². The molecule has 0 radical (unpaired) electrons. The van der Waals surface area contributed by atoms with Crippen LogP contribution in [-0.2, 0) is 11.8 Å². The van der Waals surface area contributed by atoms with Gasteiger partial charge in [-0.2, -0.15) is 0 Å². The molecule has 0 aliphatic heterocycles. The van der Waals surface area contributed by atoms with E-state index in [0.29, 0.717) is 12.0 Å². The Morgan fingerprint density at radius 2 is 2.04 bits per heavy atom. The fourth-order valence-corrected chi connectivity index (χ4v) is 2.69. The third-order valence-electron chi connectivity index (χ3n) is 4.01. The van der Waals surface area contributed by atoms with E-state index in [2.05, 4.69) is 4.98 Å². The first-order chi connectivity index (χ1) is 11.9. The van der Waals surface area contributed by atoms with Crippen LogP contribution in [0.15, 0.2) is 39.8 Å². The molecule has 0 amide bonds. The summed E-state index contributed by atoms with van der Waals surface area (Å²) in [5, 5.41) is 0.0986. The zero-order valence-electron chi connectivity index (χ0n) is 14.1. The SMILES string of the molecule is CC[C@H](OC(=O)c1c(C)oc2ncn(C)c(=O)c12)c1ccc(F)cc1. The van der Waals surface area contributed by atoms with Gasteiger partial charge in [0.05, 0.1) is 0 Å². The maximum absolute atomic E-state index is 13.1. The van der Waals surface area contributed by atoms with E-state index in [-0.39, 0.29) is 33.8 Å². The maximum Gasteiger partial charge on any atom is 0.343 e. The van der Waals surface area contributed by atoms with E-state index in [1.807, 2.05) is 6.92 Å². The second-order valence-electron chi connectivity index (χ2n) is 5.73. The van der Waals surface area contributed by atoms with Gasteiger partial charge in [-0.15, -0.1) is 0 Å². The van der Waals surface area contributed by atoms with Crippen molar-refractivity contribution in [2.75, 3.05) is 0 Å². The summed E-state index contributed by atoms with van der Waals surface area (Å²) in [5.74, 6) is -0.765. The summed E-state index contributed by atoms with van der Waals surface area (Å²) in [6.07, 6.45) is 1.27. The molecule has 1 aromatic carbocycles. The van der Waals surface area contributed by atoms with E-state index in [9.17, 15) is 14.0 Å². The molecule has 0 bridgehead atoms. The molecule has 25 heavy (non-hydrogen) atoms. The molecule has 0 spiro atoms. The Labute approximate surface area is 142 Å². The molecule has 0 unspecified atom stereocenters. The van der Waals surface area contributed by atoms with Gasteiger partial charge in [0.15, 0.2) is 0 Å². The Bertz CT molecular complexity index is 989. The zero-order valence-corrected chi connectivity index (χ0v) is 14.1. The molecule has 0 aliphatic rings. The number of benzene rings is 1. The van der Waals surface area contributed by atoms with Gasteiger partial charge in [0, 0.05) is 7.05 Å². The minimum Gasteiger partial charge on any atom is -0.454 e. The summed E-state index contributed by atoms with van der Waals surface area (Å²) >= 11 is 0. The number of halogens is 1. The second kappa shape index (κ2) is 6.51. The van der Waals surface area contributed by atoms with Crippen LogP contribution in [0.3, 0.4) is 0 Å². The van der Waals surface area contributed by atoms with Gasteiger partial charge in [-0.3, -0.25) is 4.79 Å². The fraction of sp³-hybridized carbons (Fsp3) is 0.278. The van der Waals surface area contributed by atoms with Crippen molar-refractivity contribution in [2.45, 2.75) is 26.4 Å². The van der Waals surface area contributed by atoms with Crippen molar-refractivity contribution in [3.8, 4) is 0 Å². The van der Waals surface area contributed by atoms with Crippen molar-refractivity contribution in [1.82, 2.24) is 9.55 Å². The van der Waals surface area contributed by atoms with Gasteiger partial charge in [-0.25, -0.2) is 14.2 Å². The highest BCUT2D eigenvalue weighted by atomic mass is 19.1. The highest BCUT2D eigenvalue weighted by molar-refractivity contribution is 6.03. The lowest BCUT2D eigenvalue weighted by Crippen LogP contribution is -2.19. The number of rotatable bonds is 4. The quantitative estimate of drug-likeness (QED) is 0.679. The largest absolute Gasteiger partial charge is 0.454 e. The predicted molar refractivity (Wildman–Crippen MR) is 88.8 cm³/mol. The monoisotopic (exact) mass is 344 g/mol. The van der Waals surface area contributed by atoms with Crippen LogP contribution >= 0.6 is 0 Å². The number of carbonyl (C=O) groups excluding carboxylic acids is 1. The van der Waals surface area contributed by atoms with Crippen LogP contribution in [0.5, 0.6) is 0 Å². The fourth-order valence-electron chi connectivity index (χ4n) is 2.69. The molecule has 1 atom stereocenters. The Morgan fingerprint density at radius 1 is 1.36 bits per heavy atom. The van der Waals surface area contributed by atoms with E-state index in [1.165, 1.54) is 23.0 Å². The number of fused-ring (bicyclic) bond motifs is 1. The minimum atomic E-state index is -0.669. The van der Waals surface area contributed by atoms with Crippen molar-refractivity contribution in [1.29, 1.82) is 0 Å². The van der Waals surface area contributed by atoms with E-state index in [4.69, 9.17) is 9.15 Å². The van der Waals surface area contributed by atoms with Crippen LogP contribution in [0.25, 0.3) is 11.1 Å². The van der Waals surface area contributed by atoms with Crippen LogP contribution in [0.2, 0.25) is 0 Å². The van der Waals surface area contributed by atoms with Gasteiger partial charge in [-0.05, 0) is 31.0 Å². The van der Waals surface area contributed by atoms with Crippen molar-refractivity contribution < 1.29 is 18.3 Å². The second-order valence-corrected chi connectivity index (χ2v) is 5.73. The Hall–Kier alpha value is -2.96. The summed E-state index contributed by atoms with van der Waals surface area (Å²) in [6.45, 7) is 3.43. The molecule has 2 aromatic heterocycles. The third kappa shape index (κ3) is 3.05. The number of aromatic nitrogens is 2. The average molecular weight is 344 g/mol. The summed E-state index contributed by atoms with van der Waals surface area (Å²) < 4.78 is 25.3. The number of carbonyl (C=O) groups is 1. The van der Waals surface area contributed by atoms with Crippen molar-refractivity contribution in [2.24, 2.45) is 7.05 Å². The first-order valence-electron chi connectivity index (χ1n) is 7.83. The minimum absolute atomic E-state index is 0.0734. The number of furan rings is 1. The van der Waals surface area contributed by atoms with Gasteiger partial charge in [0.2, 0.25) is 5.71 Å². The number of hydrogen-bond donors (Lipinski definition) is 0. The van der Waals surface area contributed by atoms with Crippen LogP contribution < -0.4 is 5.56 Å². The predicted octanol–water partition coefficient (Wildman–Crippen LogP) is 3.28. The average Bonchev–Trinajstić information content (AvgIpc) is 2.94. The molecular weight excluding hydrogens is 327 g/mol. The number of aryl methyl sites for hydroxylation is 2. The highest BCUT2D eigenvalue weighted by Gasteiger charge is 2.26. The summed E-state index contributed by atoms with van der Waals surface area (Å²) in [7, 11) is 1.54. The van der Waals surface area contributed by atoms with E-state index in [0.717, 1.165) is 0 Å². The maximum atomic E-state index is 13.1. The molecule has 7 heteroatoms. The van der Waals surface area contributed by atoms with Gasteiger partial charge < -0.3 is 13.7 Å². The van der Waals surface area contributed by atoms with Gasteiger partial charge >= 0.3 is 5.97 Å². The molecular formula is C18H17FN2O4. The molecule has 6 nitrogen and oxygen atoms in total. The molecule has 3 aromatic rings. The van der Waals surface area contributed by atoms with Gasteiger partial charge in [0.1, 0.15) is 35.0 Å². The number of esters is 1. The molecule has 130 valence electrons. The highest BCUT2D eigenvalue weighted by Crippen LogP contribution is 2.27. The Kier molecular flexibility index (Phi) is 4.39. The van der Waals surface area contributed by atoms with Crippen LogP contribution in [-0.4, -0.2) is 15.5 Å². The molecule has 0 aliphatic carbocycles. The first-order valence-corrected chi connectivity index (χ1v) is 7.83. The van der Waals surface area contributed by atoms with E-state index >= 15 is 0 Å². The molecule has 0 fully saturated rings. The third-order valence-corrected chi connectivity index (χ3v) is 4.01. The van der Waals surface area contributed by atoms with Gasteiger partial charge in [-0.1, -0.05) is 19.1 Å². The van der Waals surface area contributed by atoms with Gasteiger partial charge in [0.25, 0.3) is 5.56 Å². The molecule has 2 heterocycles. The standard InChI is InChI=1S/C18H17FN2O4/c1-4-13(11-5-7-12(19)8-6-11)25-18(23)14-10(2)24-16-15(14)17(22)21(3)9-20-16/h5-9,13H,4H2,1-3H3/t13-/m0/s1. The van der Waals surface area contributed by atoms with Crippen LogP contribution in [0.1, 0.15) is 41.1 Å². The van der Waals surface area contributed by atoms with Crippen molar-refractivity contribution in [3.05, 3.63) is 63.7 Å². The first kappa shape index (κ1) is 16.9. The number of hydrogen-bond acceptors (Lipinski definition) is 5. The van der Waals surface area contributed by atoms with Crippen molar-refractivity contribution in [3.63, 3.8) is 0 Å². The lowest BCUT2D eigenvalue weighted by molar-refractivity contribution is 0.0288. The zero-order chi connectivity index (χ0) is 18.1. The van der Waals surface area contributed by atoms with E-state index in [1.54, 1.807) is 26.1 Å². The lowest BCUT2D eigenvalue weighted by Gasteiger charge is -2.16. The molecule has 0 N–H and O–H groups in total. The molecule has 3 rings (SSSR count). The Morgan fingerprint density at radius 3 is 2.68 bits per heavy atom.